The van der Waals surface area contributed by atoms with Crippen LogP contribution >= 0.6 is 0 Å². The lowest BCUT2D eigenvalue weighted by molar-refractivity contribution is -0.146. The van der Waals surface area contributed by atoms with Gasteiger partial charge in [-0.2, -0.15) is 0 Å². The number of ether oxygens (including phenoxy) is 2. The van der Waals surface area contributed by atoms with E-state index >= 15 is 0 Å². The number of carboxylic acid groups (broad SMARTS) is 1. The topological polar surface area (TPSA) is 76.1 Å². The fraction of sp³-hybridized carbons (Fsp3) is 0.500. The SMILES string of the molecule is O=C(O)[C@H]1CC[C@H]2OCC[C@H]2N1C(=O)OCc1ccccc1. The summed E-state index contributed by atoms with van der Waals surface area (Å²) in [4.78, 5) is 25.2. The first-order valence-electron chi connectivity index (χ1n) is 7.50. The van der Waals surface area contributed by atoms with Gasteiger partial charge in [-0.25, -0.2) is 9.59 Å². The maximum Gasteiger partial charge on any atom is 0.411 e. The molecule has 3 atom stereocenters. The molecule has 2 heterocycles. The number of aliphatic carboxylic acids is 1. The summed E-state index contributed by atoms with van der Waals surface area (Å²) in [6.45, 7) is 0.699. The van der Waals surface area contributed by atoms with E-state index in [1.165, 1.54) is 4.90 Å². The van der Waals surface area contributed by atoms with Crippen LogP contribution in [0.15, 0.2) is 30.3 Å². The third-order valence-electron chi connectivity index (χ3n) is 4.29. The van der Waals surface area contributed by atoms with Crippen molar-refractivity contribution >= 4 is 12.1 Å². The Labute approximate surface area is 128 Å². The average molecular weight is 305 g/mol. The highest BCUT2D eigenvalue weighted by molar-refractivity contribution is 5.80. The number of nitrogens with zero attached hydrogens (tertiary/aromatic N) is 1. The molecule has 0 aromatic heterocycles. The molecule has 22 heavy (non-hydrogen) atoms. The highest BCUT2D eigenvalue weighted by Crippen LogP contribution is 2.32. The van der Waals surface area contributed by atoms with E-state index in [0.29, 0.717) is 25.9 Å². The third-order valence-corrected chi connectivity index (χ3v) is 4.29. The van der Waals surface area contributed by atoms with Crippen LogP contribution in [-0.4, -0.2) is 46.9 Å². The second kappa shape index (κ2) is 6.36. The number of hydrogen-bond donors (Lipinski definition) is 1. The van der Waals surface area contributed by atoms with Crippen molar-refractivity contribution in [2.24, 2.45) is 0 Å². The second-order valence-corrected chi connectivity index (χ2v) is 5.64. The number of piperidine rings is 1. The molecule has 2 saturated heterocycles. The molecule has 2 fully saturated rings. The van der Waals surface area contributed by atoms with Crippen LogP contribution in [0, 0.1) is 0 Å². The number of carbonyl (C=O) groups is 2. The number of likely N-dealkylation sites (tertiary alicyclic amines) is 1. The number of carbonyl (C=O) groups excluding carboxylic acids is 1. The smallest absolute Gasteiger partial charge is 0.411 e. The van der Waals surface area contributed by atoms with E-state index in [4.69, 9.17) is 9.47 Å². The summed E-state index contributed by atoms with van der Waals surface area (Å²) >= 11 is 0. The molecule has 0 spiro atoms. The lowest BCUT2D eigenvalue weighted by Crippen LogP contribution is -2.57. The number of carboxylic acids is 1. The van der Waals surface area contributed by atoms with Crippen molar-refractivity contribution in [3.63, 3.8) is 0 Å². The van der Waals surface area contributed by atoms with Crippen molar-refractivity contribution < 1.29 is 24.2 Å². The van der Waals surface area contributed by atoms with Gasteiger partial charge < -0.3 is 14.6 Å². The lowest BCUT2D eigenvalue weighted by atomic mass is 9.93. The van der Waals surface area contributed by atoms with E-state index in [1.807, 2.05) is 30.3 Å². The molecule has 2 aliphatic rings. The summed E-state index contributed by atoms with van der Waals surface area (Å²) < 4.78 is 10.9. The zero-order valence-electron chi connectivity index (χ0n) is 12.2. The molecule has 0 saturated carbocycles. The molecule has 0 radical (unpaired) electrons. The molecule has 0 aliphatic carbocycles. The Bertz CT molecular complexity index is 547. The van der Waals surface area contributed by atoms with E-state index < -0.39 is 18.1 Å². The minimum atomic E-state index is -0.984. The van der Waals surface area contributed by atoms with Crippen molar-refractivity contribution in [1.82, 2.24) is 4.90 Å². The van der Waals surface area contributed by atoms with E-state index in [-0.39, 0.29) is 18.8 Å². The molecular formula is C16H19NO5. The van der Waals surface area contributed by atoms with Gasteiger partial charge in [-0.3, -0.25) is 4.90 Å². The maximum absolute atomic E-state index is 12.4. The molecule has 0 bridgehead atoms. The Morgan fingerprint density at radius 3 is 2.73 bits per heavy atom. The van der Waals surface area contributed by atoms with Gasteiger partial charge in [-0.15, -0.1) is 0 Å². The summed E-state index contributed by atoms with van der Waals surface area (Å²) in [7, 11) is 0. The minimum absolute atomic E-state index is 0.0696. The number of fused-ring (bicyclic) bond motifs is 1. The predicted molar refractivity (Wildman–Crippen MR) is 77.3 cm³/mol. The highest BCUT2D eigenvalue weighted by Gasteiger charge is 2.46. The first kappa shape index (κ1) is 14.8. The molecule has 1 aromatic rings. The van der Waals surface area contributed by atoms with Crippen molar-refractivity contribution in [3.8, 4) is 0 Å². The summed E-state index contributed by atoms with van der Waals surface area (Å²) in [5.41, 5.74) is 0.874. The molecule has 1 N–H and O–H groups in total. The van der Waals surface area contributed by atoms with Crippen LogP contribution in [-0.2, 0) is 20.9 Å². The van der Waals surface area contributed by atoms with Gasteiger partial charge in [0.05, 0.1) is 12.1 Å². The number of rotatable bonds is 3. The van der Waals surface area contributed by atoms with E-state index in [1.54, 1.807) is 0 Å². The molecule has 2 aliphatic heterocycles. The molecule has 3 rings (SSSR count). The summed E-state index contributed by atoms with van der Waals surface area (Å²) in [6.07, 6.45) is 1.09. The van der Waals surface area contributed by atoms with Crippen molar-refractivity contribution in [2.75, 3.05) is 6.61 Å². The molecule has 1 amide bonds. The third kappa shape index (κ3) is 2.92. The first-order chi connectivity index (χ1) is 10.7. The summed E-state index contributed by atoms with van der Waals surface area (Å²) in [5.74, 6) is -0.984. The van der Waals surface area contributed by atoms with Crippen LogP contribution in [0.5, 0.6) is 0 Å². The van der Waals surface area contributed by atoms with Gasteiger partial charge in [-0.05, 0) is 24.8 Å². The molecule has 1 aromatic carbocycles. The fourth-order valence-electron chi connectivity index (χ4n) is 3.22. The zero-order valence-corrected chi connectivity index (χ0v) is 12.2. The lowest BCUT2D eigenvalue weighted by Gasteiger charge is -2.39. The van der Waals surface area contributed by atoms with Crippen LogP contribution in [0.25, 0.3) is 0 Å². The first-order valence-corrected chi connectivity index (χ1v) is 7.50. The Morgan fingerprint density at radius 2 is 2.00 bits per heavy atom. The Hall–Kier alpha value is -2.08. The normalized spacial score (nSPS) is 27.3. The largest absolute Gasteiger partial charge is 0.480 e. The van der Waals surface area contributed by atoms with E-state index in [2.05, 4.69) is 0 Å². The predicted octanol–water partition coefficient (Wildman–Crippen LogP) is 2.03. The number of amides is 1. The molecule has 118 valence electrons. The summed E-state index contributed by atoms with van der Waals surface area (Å²) in [6, 6.07) is 8.32. The molecular weight excluding hydrogens is 286 g/mol. The van der Waals surface area contributed by atoms with Crippen LogP contribution in [0.2, 0.25) is 0 Å². The van der Waals surface area contributed by atoms with Crippen molar-refractivity contribution in [1.29, 1.82) is 0 Å². The van der Waals surface area contributed by atoms with Crippen LogP contribution in [0.4, 0.5) is 4.79 Å². The minimum Gasteiger partial charge on any atom is -0.480 e. The van der Waals surface area contributed by atoms with Crippen LogP contribution in [0.3, 0.4) is 0 Å². The van der Waals surface area contributed by atoms with Crippen molar-refractivity contribution in [3.05, 3.63) is 35.9 Å². The summed E-state index contributed by atoms with van der Waals surface area (Å²) in [5, 5.41) is 9.37. The molecule has 6 heteroatoms. The van der Waals surface area contributed by atoms with Crippen LogP contribution < -0.4 is 0 Å². The highest BCUT2D eigenvalue weighted by atomic mass is 16.6. The molecule has 0 unspecified atom stereocenters. The van der Waals surface area contributed by atoms with E-state index in [9.17, 15) is 14.7 Å². The average Bonchev–Trinajstić information content (AvgIpc) is 3.01. The van der Waals surface area contributed by atoms with Gasteiger partial charge in [-0.1, -0.05) is 30.3 Å². The van der Waals surface area contributed by atoms with Gasteiger partial charge in [0.15, 0.2) is 0 Å². The standard InChI is InChI=1S/C16H19NO5/c18-15(19)13-6-7-14-12(8-9-21-14)17(13)16(20)22-10-11-4-2-1-3-5-11/h1-5,12-14H,6-10H2,(H,18,19)/t12-,13-,14-/m1/s1. The van der Waals surface area contributed by atoms with Crippen LogP contribution in [0.1, 0.15) is 24.8 Å². The van der Waals surface area contributed by atoms with Gasteiger partial charge in [0, 0.05) is 6.61 Å². The quantitative estimate of drug-likeness (QED) is 0.924. The van der Waals surface area contributed by atoms with Gasteiger partial charge in [0.1, 0.15) is 12.6 Å². The van der Waals surface area contributed by atoms with Gasteiger partial charge in [0.2, 0.25) is 0 Å². The monoisotopic (exact) mass is 305 g/mol. The van der Waals surface area contributed by atoms with Gasteiger partial charge >= 0.3 is 12.1 Å². The fourth-order valence-corrected chi connectivity index (χ4v) is 3.22. The second-order valence-electron chi connectivity index (χ2n) is 5.64. The van der Waals surface area contributed by atoms with E-state index in [0.717, 1.165) is 5.56 Å². The zero-order chi connectivity index (χ0) is 15.5. The number of benzene rings is 1. The maximum atomic E-state index is 12.4. The Morgan fingerprint density at radius 1 is 1.23 bits per heavy atom. The molecule has 6 nitrogen and oxygen atoms in total. The van der Waals surface area contributed by atoms with Gasteiger partial charge in [0.25, 0.3) is 0 Å². The van der Waals surface area contributed by atoms with Crippen molar-refractivity contribution in [2.45, 2.75) is 44.1 Å². The number of hydrogen-bond acceptors (Lipinski definition) is 4. The Balaban J connectivity index is 1.70. The Kier molecular flexibility index (Phi) is 4.29.